The minimum absolute atomic E-state index is 0.260. The van der Waals surface area contributed by atoms with Gasteiger partial charge in [0.1, 0.15) is 0 Å². The molecule has 0 aliphatic carbocycles. The number of carbonyl (C=O) groups excluding carboxylic acids is 1. The number of nitrogens with zero attached hydrogens (tertiary/aromatic N) is 1. The van der Waals surface area contributed by atoms with Gasteiger partial charge in [-0.15, -0.1) is 0 Å². The Bertz CT molecular complexity index is 476. The third-order valence-corrected chi connectivity index (χ3v) is 4.43. The van der Waals surface area contributed by atoms with Crippen LogP contribution in [-0.4, -0.2) is 28.4 Å². The highest BCUT2D eigenvalue weighted by Crippen LogP contribution is 2.29. The largest absolute Gasteiger partial charge is 0.479 e. The Morgan fingerprint density at radius 1 is 1.33 bits per heavy atom. The van der Waals surface area contributed by atoms with Gasteiger partial charge in [0.25, 0.3) is 0 Å². The molecule has 0 fully saturated rings. The van der Waals surface area contributed by atoms with E-state index in [1.807, 2.05) is 0 Å². The van der Waals surface area contributed by atoms with E-state index in [0.717, 1.165) is 8.95 Å². The van der Waals surface area contributed by atoms with Gasteiger partial charge in [0.2, 0.25) is 5.91 Å². The van der Waals surface area contributed by atoms with Crippen molar-refractivity contribution in [2.24, 2.45) is 0 Å². The molecule has 4 nitrogen and oxygen atoms in total. The van der Waals surface area contributed by atoms with E-state index in [4.69, 9.17) is 0 Å². The molecular formula is C12H13Br2NO3. The molecule has 6 heteroatoms. The number of likely N-dealkylation sites (N-methyl/N-ethyl adjacent to an activating group) is 1. The van der Waals surface area contributed by atoms with E-state index in [1.165, 1.54) is 11.8 Å². The van der Waals surface area contributed by atoms with E-state index >= 15 is 0 Å². The summed E-state index contributed by atoms with van der Waals surface area (Å²) in [7, 11) is 0. The maximum atomic E-state index is 11.5. The van der Waals surface area contributed by atoms with Gasteiger partial charge in [-0.2, -0.15) is 0 Å². The van der Waals surface area contributed by atoms with Crippen LogP contribution in [0.15, 0.2) is 27.1 Å². The topological polar surface area (TPSA) is 57.6 Å². The number of rotatable bonds is 4. The zero-order valence-electron chi connectivity index (χ0n) is 9.98. The average molecular weight is 379 g/mol. The van der Waals surface area contributed by atoms with Crippen molar-refractivity contribution in [3.8, 4) is 0 Å². The minimum atomic E-state index is -1.04. The Labute approximate surface area is 122 Å². The van der Waals surface area contributed by atoms with Gasteiger partial charge in [-0.25, -0.2) is 4.79 Å². The fraction of sp³-hybridized carbons (Fsp3) is 0.333. The number of hydrogen-bond donors (Lipinski definition) is 1. The number of hydrogen-bond acceptors (Lipinski definition) is 2. The van der Waals surface area contributed by atoms with Crippen molar-refractivity contribution >= 4 is 43.7 Å². The number of halogens is 2. The minimum Gasteiger partial charge on any atom is -0.479 e. The lowest BCUT2D eigenvalue weighted by Crippen LogP contribution is -2.37. The van der Waals surface area contributed by atoms with E-state index in [2.05, 4.69) is 31.9 Å². The van der Waals surface area contributed by atoms with E-state index in [-0.39, 0.29) is 5.91 Å². The van der Waals surface area contributed by atoms with Crippen LogP contribution in [0.4, 0.5) is 0 Å². The second kappa shape index (κ2) is 6.33. The van der Waals surface area contributed by atoms with Gasteiger partial charge in [0, 0.05) is 22.4 Å². The van der Waals surface area contributed by atoms with Crippen LogP contribution in [0, 0.1) is 0 Å². The summed E-state index contributed by atoms with van der Waals surface area (Å²) < 4.78 is 1.59. The monoisotopic (exact) mass is 377 g/mol. The Hall–Kier alpha value is -0.880. The molecule has 1 N–H and O–H groups in total. The molecule has 0 bridgehead atoms. The Kier molecular flexibility index (Phi) is 5.34. The second-order valence-corrected chi connectivity index (χ2v) is 5.43. The molecule has 1 rings (SSSR count). The van der Waals surface area contributed by atoms with E-state index < -0.39 is 12.0 Å². The van der Waals surface area contributed by atoms with Crippen molar-refractivity contribution in [2.75, 3.05) is 6.54 Å². The molecule has 1 aromatic rings. The third kappa shape index (κ3) is 3.32. The van der Waals surface area contributed by atoms with Gasteiger partial charge < -0.3 is 10.0 Å². The summed E-state index contributed by atoms with van der Waals surface area (Å²) in [5, 5.41) is 9.32. The molecule has 1 aromatic carbocycles. The van der Waals surface area contributed by atoms with Crippen LogP contribution in [0.2, 0.25) is 0 Å². The van der Waals surface area contributed by atoms with Crippen molar-refractivity contribution in [1.29, 1.82) is 0 Å². The van der Waals surface area contributed by atoms with Gasteiger partial charge in [0.15, 0.2) is 6.04 Å². The van der Waals surface area contributed by atoms with Crippen molar-refractivity contribution in [2.45, 2.75) is 19.9 Å². The number of carboxylic acid groups (broad SMARTS) is 1. The first-order valence-electron chi connectivity index (χ1n) is 5.33. The zero-order valence-corrected chi connectivity index (χ0v) is 13.2. The third-order valence-electron chi connectivity index (χ3n) is 2.55. The molecule has 0 spiro atoms. The first-order chi connectivity index (χ1) is 8.38. The standard InChI is InChI=1S/C12H13Br2NO3/c1-3-15(7(2)16)11(12(17)18)8-4-5-9(13)10(14)6-8/h4-6,11H,3H2,1-2H3,(H,17,18). The summed E-state index contributed by atoms with van der Waals surface area (Å²) >= 11 is 6.65. The molecule has 1 amide bonds. The maximum absolute atomic E-state index is 11.5. The number of carboxylic acids is 1. The fourth-order valence-corrected chi connectivity index (χ4v) is 2.37. The smallest absolute Gasteiger partial charge is 0.331 e. The van der Waals surface area contributed by atoms with Gasteiger partial charge in [-0.1, -0.05) is 6.07 Å². The molecule has 0 saturated carbocycles. The van der Waals surface area contributed by atoms with Crippen LogP contribution < -0.4 is 0 Å². The summed E-state index contributed by atoms with van der Waals surface area (Å²) in [6.07, 6.45) is 0. The summed E-state index contributed by atoms with van der Waals surface area (Å²) in [4.78, 5) is 24.2. The van der Waals surface area contributed by atoms with Crippen LogP contribution in [0.1, 0.15) is 25.5 Å². The van der Waals surface area contributed by atoms with Gasteiger partial charge in [-0.05, 0) is 56.5 Å². The Balaban J connectivity index is 3.23. The lowest BCUT2D eigenvalue weighted by Gasteiger charge is -2.27. The predicted octanol–water partition coefficient (Wildman–Crippen LogP) is 3.21. The SMILES string of the molecule is CCN(C(C)=O)C(C(=O)O)c1ccc(Br)c(Br)c1. The number of aliphatic carboxylic acids is 1. The summed E-state index contributed by atoms with van der Waals surface area (Å²) in [5.74, 6) is -1.30. The van der Waals surface area contributed by atoms with Crippen LogP contribution >= 0.6 is 31.9 Å². The first-order valence-corrected chi connectivity index (χ1v) is 6.92. The highest BCUT2D eigenvalue weighted by molar-refractivity contribution is 9.13. The van der Waals surface area contributed by atoms with Crippen LogP contribution in [0.5, 0.6) is 0 Å². The van der Waals surface area contributed by atoms with Crippen LogP contribution in [-0.2, 0) is 9.59 Å². The first kappa shape index (κ1) is 15.2. The quantitative estimate of drug-likeness (QED) is 0.875. The Morgan fingerprint density at radius 3 is 2.33 bits per heavy atom. The molecule has 0 aliphatic rings. The molecule has 18 heavy (non-hydrogen) atoms. The molecule has 1 unspecified atom stereocenters. The number of amides is 1. The van der Waals surface area contributed by atoms with Crippen LogP contribution in [0.25, 0.3) is 0 Å². The van der Waals surface area contributed by atoms with E-state index in [9.17, 15) is 14.7 Å². The van der Waals surface area contributed by atoms with Crippen LogP contribution in [0.3, 0.4) is 0 Å². The maximum Gasteiger partial charge on any atom is 0.331 e. The van der Waals surface area contributed by atoms with Crippen molar-refractivity contribution in [1.82, 2.24) is 4.90 Å². The fourth-order valence-electron chi connectivity index (χ4n) is 1.73. The molecule has 0 radical (unpaired) electrons. The van der Waals surface area contributed by atoms with Gasteiger partial charge in [-0.3, -0.25) is 4.79 Å². The van der Waals surface area contributed by atoms with Gasteiger partial charge >= 0.3 is 5.97 Å². The molecule has 1 atom stereocenters. The van der Waals surface area contributed by atoms with Gasteiger partial charge in [0.05, 0.1) is 0 Å². The molecule has 0 heterocycles. The summed E-state index contributed by atoms with van der Waals surface area (Å²) in [5.41, 5.74) is 0.564. The van der Waals surface area contributed by atoms with Crippen molar-refractivity contribution < 1.29 is 14.7 Å². The summed E-state index contributed by atoms with van der Waals surface area (Å²) in [6.45, 7) is 3.47. The lowest BCUT2D eigenvalue weighted by molar-refractivity contribution is -0.149. The lowest BCUT2D eigenvalue weighted by atomic mass is 10.1. The normalized spacial score (nSPS) is 12.0. The molecule has 0 aliphatic heterocycles. The summed E-state index contributed by atoms with van der Waals surface area (Å²) in [6, 6.07) is 4.19. The highest BCUT2D eigenvalue weighted by atomic mass is 79.9. The Morgan fingerprint density at radius 2 is 1.94 bits per heavy atom. The zero-order chi connectivity index (χ0) is 13.9. The number of benzene rings is 1. The van der Waals surface area contributed by atoms with Crippen molar-refractivity contribution in [3.05, 3.63) is 32.7 Å². The molecular weight excluding hydrogens is 366 g/mol. The molecule has 0 aromatic heterocycles. The molecule has 0 saturated heterocycles. The second-order valence-electron chi connectivity index (χ2n) is 3.72. The highest BCUT2D eigenvalue weighted by Gasteiger charge is 2.28. The van der Waals surface area contributed by atoms with Crippen molar-refractivity contribution in [3.63, 3.8) is 0 Å². The molecule has 98 valence electrons. The van der Waals surface area contributed by atoms with E-state index in [1.54, 1.807) is 25.1 Å². The average Bonchev–Trinajstić information content (AvgIpc) is 2.28. The number of carbonyl (C=O) groups is 2. The van der Waals surface area contributed by atoms with E-state index in [0.29, 0.717) is 12.1 Å². The predicted molar refractivity (Wildman–Crippen MR) is 75.3 cm³/mol.